The van der Waals surface area contributed by atoms with Crippen molar-refractivity contribution in [2.45, 2.75) is 25.2 Å². The highest BCUT2D eigenvalue weighted by Crippen LogP contribution is 2.36. The van der Waals surface area contributed by atoms with E-state index in [0.717, 1.165) is 22.2 Å². The smallest absolute Gasteiger partial charge is 0.252 e. The van der Waals surface area contributed by atoms with Gasteiger partial charge in [-0.1, -0.05) is 30.3 Å². The van der Waals surface area contributed by atoms with Gasteiger partial charge in [-0.2, -0.15) is 5.10 Å². The number of rotatable bonds is 2. The SMILES string of the molecule is FC1(F)CCc2[nH]nc(Nc3ccc4ccccc4c3)c2C1. The van der Waals surface area contributed by atoms with E-state index in [9.17, 15) is 8.78 Å². The van der Waals surface area contributed by atoms with Crippen molar-refractivity contribution < 1.29 is 8.78 Å². The molecule has 0 aliphatic heterocycles. The Labute approximate surface area is 126 Å². The van der Waals surface area contributed by atoms with Crippen LogP contribution < -0.4 is 5.32 Å². The first-order valence-electron chi connectivity index (χ1n) is 7.30. The van der Waals surface area contributed by atoms with E-state index in [1.807, 2.05) is 42.5 Å². The van der Waals surface area contributed by atoms with Crippen LogP contribution in [0.4, 0.5) is 20.3 Å². The van der Waals surface area contributed by atoms with Gasteiger partial charge in [0.2, 0.25) is 0 Å². The molecule has 2 N–H and O–H groups in total. The highest BCUT2D eigenvalue weighted by Gasteiger charge is 2.36. The molecule has 1 heterocycles. The van der Waals surface area contributed by atoms with Crippen molar-refractivity contribution >= 4 is 22.3 Å². The van der Waals surface area contributed by atoms with Crippen molar-refractivity contribution in [3.63, 3.8) is 0 Å². The summed E-state index contributed by atoms with van der Waals surface area (Å²) in [6.45, 7) is 0. The monoisotopic (exact) mass is 299 g/mol. The molecule has 112 valence electrons. The van der Waals surface area contributed by atoms with Crippen LogP contribution in [0.2, 0.25) is 0 Å². The molecule has 22 heavy (non-hydrogen) atoms. The summed E-state index contributed by atoms with van der Waals surface area (Å²) >= 11 is 0. The lowest BCUT2D eigenvalue weighted by atomic mass is 9.94. The fourth-order valence-electron chi connectivity index (χ4n) is 2.96. The first kappa shape index (κ1) is 13.2. The van der Waals surface area contributed by atoms with Crippen LogP contribution in [0.1, 0.15) is 17.7 Å². The van der Waals surface area contributed by atoms with Gasteiger partial charge < -0.3 is 5.32 Å². The van der Waals surface area contributed by atoms with Crippen molar-refractivity contribution in [2.75, 3.05) is 5.32 Å². The molecular weight excluding hydrogens is 284 g/mol. The fourth-order valence-corrected chi connectivity index (χ4v) is 2.96. The highest BCUT2D eigenvalue weighted by atomic mass is 19.3. The lowest BCUT2D eigenvalue weighted by Crippen LogP contribution is -2.25. The van der Waals surface area contributed by atoms with Crippen LogP contribution >= 0.6 is 0 Å². The van der Waals surface area contributed by atoms with E-state index in [1.165, 1.54) is 0 Å². The van der Waals surface area contributed by atoms with Crippen LogP contribution in [-0.2, 0) is 12.8 Å². The van der Waals surface area contributed by atoms with E-state index < -0.39 is 5.92 Å². The van der Waals surface area contributed by atoms with Crippen LogP contribution in [0.3, 0.4) is 0 Å². The van der Waals surface area contributed by atoms with Crippen LogP contribution in [0.15, 0.2) is 42.5 Å². The number of nitrogens with one attached hydrogen (secondary N) is 2. The van der Waals surface area contributed by atoms with Gasteiger partial charge in [0.25, 0.3) is 5.92 Å². The van der Waals surface area contributed by atoms with Gasteiger partial charge in [-0.25, -0.2) is 8.78 Å². The first-order chi connectivity index (χ1) is 10.6. The van der Waals surface area contributed by atoms with E-state index in [1.54, 1.807) is 0 Å². The maximum atomic E-state index is 13.6. The molecule has 0 radical (unpaired) electrons. The quantitative estimate of drug-likeness (QED) is 0.735. The molecule has 1 aliphatic carbocycles. The molecule has 0 fully saturated rings. The summed E-state index contributed by atoms with van der Waals surface area (Å²) in [5, 5.41) is 12.5. The van der Waals surface area contributed by atoms with Crippen molar-refractivity contribution in [3.8, 4) is 0 Å². The molecule has 3 aromatic rings. The summed E-state index contributed by atoms with van der Waals surface area (Å²) in [5.41, 5.74) is 2.26. The van der Waals surface area contributed by atoms with Gasteiger partial charge in [-0.15, -0.1) is 0 Å². The maximum Gasteiger partial charge on any atom is 0.252 e. The van der Waals surface area contributed by atoms with E-state index in [-0.39, 0.29) is 12.8 Å². The Bertz CT molecular complexity index is 839. The predicted octanol–water partition coefficient (Wildman–Crippen LogP) is 4.43. The third kappa shape index (κ3) is 2.32. The lowest BCUT2D eigenvalue weighted by Gasteiger charge is -2.21. The van der Waals surface area contributed by atoms with Crippen LogP contribution in [-0.4, -0.2) is 16.1 Å². The topological polar surface area (TPSA) is 40.7 Å². The summed E-state index contributed by atoms with van der Waals surface area (Å²) in [6, 6.07) is 14.0. The zero-order valence-corrected chi connectivity index (χ0v) is 11.9. The third-order valence-electron chi connectivity index (χ3n) is 4.14. The number of nitrogens with zero attached hydrogens (tertiary/aromatic N) is 1. The number of hydrogen-bond acceptors (Lipinski definition) is 2. The minimum absolute atomic E-state index is 0.113. The molecule has 5 heteroatoms. The van der Waals surface area contributed by atoms with Crippen molar-refractivity contribution in [1.82, 2.24) is 10.2 Å². The number of aryl methyl sites for hydroxylation is 1. The number of benzene rings is 2. The number of alkyl halides is 2. The van der Waals surface area contributed by atoms with Crippen LogP contribution in [0.25, 0.3) is 10.8 Å². The normalized spacial score (nSPS) is 16.5. The molecular formula is C17H15F2N3. The molecule has 4 rings (SSSR count). The summed E-state index contributed by atoms with van der Waals surface area (Å²) in [7, 11) is 0. The Balaban J connectivity index is 1.67. The second kappa shape index (κ2) is 4.80. The van der Waals surface area contributed by atoms with E-state index in [4.69, 9.17) is 0 Å². The second-order valence-corrected chi connectivity index (χ2v) is 5.75. The molecule has 0 spiro atoms. The summed E-state index contributed by atoms with van der Waals surface area (Å²) in [4.78, 5) is 0. The number of anilines is 2. The summed E-state index contributed by atoms with van der Waals surface area (Å²) in [5.74, 6) is -2.14. The number of hydrogen-bond donors (Lipinski definition) is 2. The molecule has 0 amide bonds. The Morgan fingerprint density at radius 1 is 1.09 bits per heavy atom. The minimum atomic E-state index is -2.64. The maximum absolute atomic E-state index is 13.6. The first-order valence-corrected chi connectivity index (χ1v) is 7.30. The predicted molar refractivity (Wildman–Crippen MR) is 82.8 cm³/mol. The molecule has 2 aromatic carbocycles. The number of aromatic nitrogens is 2. The fraction of sp³-hybridized carbons (Fsp3) is 0.235. The molecule has 0 saturated heterocycles. The largest absolute Gasteiger partial charge is 0.338 e. The average molecular weight is 299 g/mol. The number of fused-ring (bicyclic) bond motifs is 2. The second-order valence-electron chi connectivity index (χ2n) is 5.75. The Kier molecular flexibility index (Phi) is 2.89. The van der Waals surface area contributed by atoms with Gasteiger partial charge in [-0.05, 0) is 29.3 Å². The van der Waals surface area contributed by atoms with Crippen molar-refractivity contribution in [3.05, 3.63) is 53.7 Å². The standard InChI is InChI=1S/C17H15F2N3/c18-17(19)8-7-15-14(10-17)16(22-21-15)20-13-6-5-11-3-1-2-4-12(11)9-13/h1-6,9H,7-8,10H2,(H2,20,21,22). The van der Waals surface area contributed by atoms with Gasteiger partial charge in [0.1, 0.15) is 0 Å². The van der Waals surface area contributed by atoms with Gasteiger partial charge in [-0.3, -0.25) is 5.10 Å². The highest BCUT2D eigenvalue weighted by molar-refractivity contribution is 5.86. The van der Waals surface area contributed by atoms with Crippen LogP contribution in [0.5, 0.6) is 0 Å². The van der Waals surface area contributed by atoms with Gasteiger partial charge >= 0.3 is 0 Å². The minimum Gasteiger partial charge on any atom is -0.338 e. The Morgan fingerprint density at radius 2 is 1.91 bits per heavy atom. The molecule has 1 aliphatic rings. The number of H-pyrrole nitrogens is 1. The third-order valence-corrected chi connectivity index (χ3v) is 4.14. The Morgan fingerprint density at radius 3 is 2.77 bits per heavy atom. The van der Waals surface area contributed by atoms with E-state index in [0.29, 0.717) is 17.8 Å². The Hall–Kier alpha value is -2.43. The zero-order chi connectivity index (χ0) is 15.2. The number of aromatic amines is 1. The molecule has 0 unspecified atom stereocenters. The van der Waals surface area contributed by atoms with Crippen LogP contribution in [0, 0.1) is 0 Å². The lowest BCUT2D eigenvalue weighted by molar-refractivity contribution is -0.0123. The van der Waals surface area contributed by atoms with Crippen molar-refractivity contribution in [2.24, 2.45) is 0 Å². The molecule has 0 saturated carbocycles. The summed E-state index contributed by atoms with van der Waals surface area (Å²) in [6.07, 6.45) is -0.0267. The zero-order valence-electron chi connectivity index (χ0n) is 11.9. The molecule has 3 nitrogen and oxygen atoms in total. The molecule has 0 atom stereocenters. The van der Waals surface area contributed by atoms with Gasteiger partial charge in [0.15, 0.2) is 5.82 Å². The van der Waals surface area contributed by atoms with Gasteiger partial charge in [0, 0.05) is 29.8 Å². The molecule has 1 aromatic heterocycles. The van der Waals surface area contributed by atoms with E-state index in [2.05, 4.69) is 15.5 Å². The summed E-state index contributed by atoms with van der Waals surface area (Å²) < 4.78 is 27.2. The van der Waals surface area contributed by atoms with Crippen molar-refractivity contribution in [1.29, 1.82) is 0 Å². The molecule has 0 bridgehead atoms. The van der Waals surface area contributed by atoms with E-state index >= 15 is 0 Å². The number of halogens is 2. The average Bonchev–Trinajstić information content (AvgIpc) is 2.88. The van der Waals surface area contributed by atoms with Gasteiger partial charge in [0.05, 0.1) is 0 Å².